The average molecular weight is 384 g/mol. The highest BCUT2D eigenvalue weighted by molar-refractivity contribution is 5.87. The molecule has 1 aliphatic heterocycles. The molecule has 11 nitrogen and oxygen atoms in total. The molecule has 5 atom stereocenters. The van der Waals surface area contributed by atoms with Crippen LogP contribution in [0.1, 0.15) is 0 Å². The summed E-state index contributed by atoms with van der Waals surface area (Å²) in [5.41, 5.74) is -0.980. The van der Waals surface area contributed by atoms with Crippen molar-refractivity contribution in [2.45, 2.75) is 30.7 Å². The molecule has 146 valence electrons. The number of aliphatic hydroxyl groups excluding tert-OH is 3. The number of carbonyl (C=O) groups is 1. The molecule has 2 aromatic rings. The van der Waals surface area contributed by atoms with E-state index in [1.54, 1.807) is 0 Å². The van der Waals surface area contributed by atoms with Gasteiger partial charge in [-0.05, 0) is 12.1 Å². The van der Waals surface area contributed by atoms with Gasteiger partial charge in [0.15, 0.2) is 17.4 Å². The van der Waals surface area contributed by atoms with Gasteiger partial charge in [0.1, 0.15) is 18.3 Å². The van der Waals surface area contributed by atoms with Crippen LogP contribution in [0.3, 0.4) is 0 Å². The third-order valence-electron chi connectivity index (χ3n) is 4.07. The lowest BCUT2D eigenvalue weighted by Crippen LogP contribution is -2.61. The first-order valence-corrected chi connectivity index (χ1v) is 7.67. The lowest BCUT2D eigenvalue weighted by atomic mass is 9.99. The largest absolute Gasteiger partial charge is 0.502 e. The molecule has 2 heterocycles. The number of phenolic OH excluding ortho intramolecular Hbond substituents is 1. The minimum atomic E-state index is -1.90. The van der Waals surface area contributed by atoms with Crippen molar-refractivity contribution >= 4 is 16.9 Å². The summed E-state index contributed by atoms with van der Waals surface area (Å²) in [5, 5.41) is 49.3. The third kappa shape index (κ3) is 3.28. The Bertz CT molecular complexity index is 920. The summed E-state index contributed by atoms with van der Waals surface area (Å²) in [4.78, 5) is 22.6. The van der Waals surface area contributed by atoms with Crippen molar-refractivity contribution in [1.82, 2.24) is 0 Å². The highest BCUT2D eigenvalue weighted by Gasteiger charge is 2.48. The fourth-order valence-electron chi connectivity index (χ4n) is 2.68. The second-order valence-electron chi connectivity index (χ2n) is 5.78. The number of hydrogen-bond donors (Lipinski definition) is 5. The van der Waals surface area contributed by atoms with Crippen LogP contribution < -0.4 is 15.1 Å². The summed E-state index contributed by atoms with van der Waals surface area (Å²) in [6.45, 7) is 0. The van der Waals surface area contributed by atoms with E-state index >= 15 is 0 Å². The Kier molecular flexibility index (Phi) is 4.93. The molecule has 27 heavy (non-hydrogen) atoms. The predicted molar refractivity (Wildman–Crippen MR) is 85.6 cm³/mol. The van der Waals surface area contributed by atoms with Crippen LogP contribution in [0.25, 0.3) is 11.0 Å². The second kappa shape index (κ2) is 7.04. The number of aliphatic carboxylic acids is 1. The quantitative estimate of drug-likeness (QED) is 0.399. The van der Waals surface area contributed by atoms with E-state index in [9.17, 15) is 30.0 Å². The van der Waals surface area contributed by atoms with E-state index in [-0.39, 0.29) is 11.3 Å². The highest BCUT2D eigenvalue weighted by Crippen LogP contribution is 2.43. The smallest absolute Gasteiger partial charge is 0.336 e. The van der Waals surface area contributed by atoms with Crippen molar-refractivity contribution in [3.63, 3.8) is 0 Å². The summed E-state index contributed by atoms with van der Waals surface area (Å²) in [5.74, 6) is -2.72. The van der Waals surface area contributed by atoms with Crippen molar-refractivity contribution in [2.24, 2.45) is 0 Å². The molecular weight excluding hydrogens is 368 g/mol. The Labute approximate surface area is 150 Å². The van der Waals surface area contributed by atoms with Crippen LogP contribution in [0.4, 0.5) is 0 Å². The molecule has 0 amide bonds. The van der Waals surface area contributed by atoms with E-state index in [0.29, 0.717) is 5.39 Å². The van der Waals surface area contributed by atoms with Crippen LogP contribution in [-0.2, 0) is 9.53 Å². The number of methoxy groups -OCH3 is 1. The van der Waals surface area contributed by atoms with Crippen molar-refractivity contribution < 1.29 is 49.0 Å². The number of carboxylic acid groups (broad SMARTS) is 1. The Morgan fingerprint density at radius 2 is 1.85 bits per heavy atom. The highest BCUT2D eigenvalue weighted by atomic mass is 16.7. The van der Waals surface area contributed by atoms with E-state index in [4.69, 9.17) is 23.7 Å². The molecule has 0 unspecified atom stereocenters. The first-order chi connectivity index (χ1) is 12.7. The van der Waals surface area contributed by atoms with Gasteiger partial charge in [-0.2, -0.15) is 0 Å². The van der Waals surface area contributed by atoms with Crippen LogP contribution in [0.15, 0.2) is 27.4 Å². The normalized spacial score (nSPS) is 28.1. The van der Waals surface area contributed by atoms with Crippen molar-refractivity contribution in [3.05, 3.63) is 28.6 Å². The number of rotatable bonds is 4. The zero-order chi connectivity index (χ0) is 19.9. The molecule has 3 rings (SSSR count). The number of aliphatic hydroxyl groups is 3. The number of fused-ring (bicyclic) bond motifs is 1. The van der Waals surface area contributed by atoms with Gasteiger partial charge in [0.05, 0.1) is 7.11 Å². The Morgan fingerprint density at radius 3 is 2.48 bits per heavy atom. The van der Waals surface area contributed by atoms with Crippen LogP contribution in [-0.4, -0.2) is 69.3 Å². The number of carboxylic acids is 1. The molecule has 0 spiro atoms. The molecule has 0 aliphatic carbocycles. The molecule has 1 aromatic carbocycles. The third-order valence-corrected chi connectivity index (χ3v) is 4.07. The van der Waals surface area contributed by atoms with Crippen LogP contribution >= 0.6 is 0 Å². The maximum atomic E-state index is 11.4. The number of phenols is 1. The zero-order valence-corrected chi connectivity index (χ0v) is 13.8. The van der Waals surface area contributed by atoms with E-state index in [1.165, 1.54) is 19.2 Å². The number of hydrogen-bond acceptors (Lipinski definition) is 10. The van der Waals surface area contributed by atoms with Gasteiger partial charge in [-0.1, -0.05) is 0 Å². The van der Waals surface area contributed by atoms with Gasteiger partial charge in [-0.3, -0.25) is 0 Å². The van der Waals surface area contributed by atoms with Crippen LogP contribution in [0.2, 0.25) is 0 Å². The molecule has 5 N–H and O–H groups in total. The first-order valence-electron chi connectivity index (χ1n) is 7.67. The van der Waals surface area contributed by atoms with Gasteiger partial charge in [-0.25, -0.2) is 9.59 Å². The zero-order valence-electron chi connectivity index (χ0n) is 13.8. The number of aromatic hydroxyl groups is 1. The molecular formula is C16H16O11. The fourth-order valence-corrected chi connectivity index (χ4v) is 2.68. The maximum absolute atomic E-state index is 11.4. The summed E-state index contributed by atoms with van der Waals surface area (Å²) in [6, 6.07) is 3.87. The second-order valence-corrected chi connectivity index (χ2v) is 5.78. The van der Waals surface area contributed by atoms with Gasteiger partial charge in [-0.15, -0.1) is 0 Å². The Balaban J connectivity index is 2.03. The topological polar surface area (TPSA) is 176 Å². The van der Waals surface area contributed by atoms with Gasteiger partial charge < -0.3 is 44.2 Å². The van der Waals surface area contributed by atoms with Gasteiger partial charge in [0.25, 0.3) is 0 Å². The lowest BCUT2D eigenvalue weighted by molar-refractivity contribution is -0.271. The minimum absolute atomic E-state index is 0.0443. The average Bonchev–Trinajstić information content (AvgIpc) is 2.63. The van der Waals surface area contributed by atoms with E-state index < -0.39 is 53.8 Å². The number of benzene rings is 1. The fraction of sp³-hybridized carbons (Fsp3) is 0.375. The molecule has 0 bridgehead atoms. The van der Waals surface area contributed by atoms with Gasteiger partial charge >= 0.3 is 11.6 Å². The summed E-state index contributed by atoms with van der Waals surface area (Å²) in [6.07, 6.45) is -9.31. The Hall–Kier alpha value is -2.86. The lowest BCUT2D eigenvalue weighted by Gasteiger charge is -2.38. The summed E-state index contributed by atoms with van der Waals surface area (Å²) >= 11 is 0. The molecule has 11 heteroatoms. The minimum Gasteiger partial charge on any atom is -0.502 e. The molecule has 1 aromatic heterocycles. The van der Waals surface area contributed by atoms with Gasteiger partial charge in [0, 0.05) is 11.5 Å². The molecule has 1 aliphatic rings. The van der Waals surface area contributed by atoms with E-state index in [2.05, 4.69) is 0 Å². The standard InChI is InChI=1S/C16H16O11/c1-24-6-4-5-2-3-7(17)25-12(5)11(21)13(6)26-16-10(20)8(18)9(19)14(27-16)15(22)23/h2-4,8-10,14,16,18-21H,1H3,(H,22,23)/t8-,9-,10+,14-,16+/m0/s1. The van der Waals surface area contributed by atoms with E-state index in [1.807, 2.05) is 0 Å². The van der Waals surface area contributed by atoms with Crippen molar-refractivity contribution in [3.8, 4) is 17.2 Å². The predicted octanol–water partition coefficient (Wildman–Crippen LogP) is -1.22. The molecule has 1 fully saturated rings. The van der Waals surface area contributed by atoms with E-state index in [0.717, 1.165) is 6.07 Å². The summed E-state index contributed by atoms with van der Waals surface area (Å²) in [7, 11) is 1.25. The molecule has 0 saturated carbocycles. The monoisotopic (exact) mass is 384 g/mol. The molecule has 1 saturated heterocycles. The molecule has 0 radical (unpaired) electrons. The maximum Gasteiger partial charge on any atom is 0.336 e. The van der Waals surface area contributed by atoms with Crippen molar-refractivity contribution in [2.75, 3.05) is 7.11 Å². The summed E-state index contributed by atoms with van der Waals surface area (Å²) < 4.78 is 20.3. The van der Waals surface area contributed by atoms with Crippen LogP contribution in [0.5, 0.6) is 17.2 Å². The number of ether oxygens (including phenoxy) is 3. The SMILES string of the molecule is COc1cc2ccc(=O)oc2c(O)c1O[C@@H]1O[C@H](C(=O)O)[C@@H](O)[C@H](O)[C@H]1O. The van der Waals surface area contributed by atoms with Gasteiger partial charge in [0.2, 0.25) is 17.8 Å². The first kappa shape index (κ1) is 18.9. The van der Waals surface area contributed by atoms with Crippen molar-refractivity contribution in [1.29, 1.82) is 0 Å². The van der Waals surface area contributed by atoms with Crippen LogP contribution in [0, 0.1) is 0 Å². The Morgan fingerprint density at radius 1 is 1.15 bits per heavy atom.